The monoisotopic (exact) mass is 244 g/mol. The van der Waals surface area contributed by atoms with Crippen LogP contribution in [-0.2, 0) is 4.43 Å². The van der Waals surface area contributed by atoms with Crippen LogP contribution in [0.3, 0.4) is 0 Å². The lowest BCUT2D eigenvalue weighted by Gasteiger charge is -2.36. The first-order valence-corrected chi connectivity index (χ1v) is 9.04. The molecule has 3 heteroatoms. The Bertz CT molecular complexity index is 206. The number of aliphatic hydroxyl groups excluding tert-OH is 1. The van der Waals surface area contributed by atoms with Gasteiger partial charge in [0.15, 0.2) is 8.32 Å². The highest BCUT2D eigenvalue weighted by Gasteiger charge is 2.36. The van der Waals surface area contributed by atoms with Gasteiger partial charge in [-0.3, -0.25) is 0 Å². The van der Waals surface area contributed by atoms with Gasteiger partial charge in [-0.15, -0.1) is 6.58 Å². The predicted molar refractivity (Wildman–Crippen MR) is 73.2 cm³/mol. The topological polar surface area (TPSA) is 29.5 Å². The third-order valence-electron chi connectivity index (χ3n) is 3.42. The quantitative estimate of drug-likeness (QED) is 0.546. The van der Waals surface area contributed by atoms with Crippen LogP contribution in [0.4, 0.5) is 0 Å². The fraction of sp³-hybridized carbons (Fsp3) is 0.846. The van der Waals surface area contributed by atoms with Gasteiger partial charge in [-0.2, -0.15) is 0 Å². The molecule has 0 aromatic carbocycles. The zero-order valence-corrected chi connectivity index (χ0v) is 12.5. The van der Waals surface area contributed by atoms with Crippen molar-refractivity contribution in [3.8, 4) is 0 Å². The Morgan fingerprint density at radius 2 is 1.88 bits per heavy atom. The lowest BCUT2D eigenvalue weighted by atomic mass is 10.1. The van der Waals surface area contributed by atoms with Gasteiger partial charge in [0.2, 0.25) is 0 Å². The summed E-state index contributed by atoms with van der Waals surface area (Å²) in [7, 11) is -1.63. The molecule has 0 aliphatic heterocycles. The number of rotatable bonds is 7. The van der Waals surface area contributed by atoms with Crippen LogP contribution < -0.4 is 0 Å². The second-order valence-electron chi connectivity index (χ2n) is 5.92. The lowest BCUT2D eigenvalue weighted by Crippen LogP contribution is -2.41. The molecule has 0 saturated carbocycles. The minimum atomic E-state index is -1.63. The van der Waals surface area contributed by atoms with Gasteiger partial charge in [0.1, 0.15) is 0 Å². The molecule has 0 aromatic heterocycles. The first-order valence-electron chi connectivity index (χ1n) is 6.13. The first kappa shape index (κ1) is 15.9. The summed E-state index contributed by atoms with van der Waals surface area (Å²) in [4.78, 5) is 0. The van der Waals surface area contributed by atoms with Crippen molar-refractivity contribution in [3.63, 3.8) is 0 Å². The molecule has 0 unspecified atom stereocenters. The molecule has 1 atom stereocenters. The molecule has 0 radical (unpaired) electrons. The van der Waals surface area contributed by atoms with E-state index >= 15 is 0 Å². The molecule has 1 N–H and O–H groups in total. The van der Waals surface area contributed by atoms with Crippen LogP contribution in [-0.4, -0.2) is 26.1 Å². The van der Waals surface area contributed by atoms with Gasteiger partial charge < -0.3 is 9.53 Å². The predicted octanol–water partition coefficient (Wildman–Crippen LogP) is 3.73. The van der Waals surface area contributed by atoms with Crippen molar-refractivity contribution in [1.82, 2.24) is 0 Å². The summed E-state index contributed by atoms with van der Waals surface area (Å²) in [6.07, 6.45) is 4.01. The Kier molecular flexibility index (Phi) is 6.52. The molecule has 0 aliphatic carbocycles. The van der Waals surface area contributed by atoms with Gasteiger partial charge in [-0.1, -0.05) is 26.8 Å². The SMILES string of the molecule is C=CCC[C@H](O)CCO[Si](C)(C)C(C)(C)C. The average molecular weight is 244 g/mol. The van der Waals surface area contributed by atoms with Gasteiger partial charge in [0, 0.05) is 6.61 Å². The van der Waals surface area contributed by atoms with E-state index in [1.807, 2.05) is 6.08 Å². The number of hydrogen-bond acceptors (Lipinski definition) is 2. The molecule has 0 saturated heterocycles. The molecular formula is C13H28O2Si. The minimum absolute atomic E-state index is 0.247. The van der Waals surface area contributed by atoms with E-state index in [4.69, 9.17) is 4.43 Å². The Morgan fingerprint density at radius 3 is 2.31 bits per heavy atom. The Morgan fingerprint density at radius 1 is 1.31 bits per heavy atom. The van der Waals surface area contributed by atoms with Crippen LogP contribution in [0.5, 0.6) is 0 Å². The zero-order valence-electron chi connectivity index (χ0n) is 11.5. The van der Waals surface area contributed by atoms with Crippen molar-refractivity contribution in [3.05, 3.63) is 12.7 Å². The molecule has 0 spiro atoms. The van der Waals surface area contributed by atoms with Gasteiger partial charge in [0.25, 0.3) is 0 Å². The maximum Gasteiger partial charge on any atom is 0.191 e. The summed E-state index contributed by atoms with van der Waals surface area (Å²) >= 11 is 0. The van der Waals surface area contributed by atoms with Crippen molar-refractivity contribution in [1.29, 1.82) is 0 Å². The normalized spacial score (nSPS) is 14.9. The van der Waals surface area contributed by atoms with E-state index < -0.39 is 8.32 Å². The molecule has 2 nitrogen and oxygen atoms in total. The molecular weight excluding hydrogens is 216 g/mol. The van der Waals surface area contributed by atoms with Crippen LogP contribution in [0.15, 0.2) is 12.7 Å². The molecule has 0 aliphatic rings. The average Bonchev–Trinajstić information content (AvgIpc) is 2.12. The van der Waals surface area contributed by atoms with Crippen LogP contribution >= 0.6 is 0 Å². The fourth-order valence-electron chi connectivity index (χ4n) is 1.12. The van der Waals surface area contributed by atoms with E-state index in [2.05, 4.69) is 40.4 Å². The number of hydrogen-bond donors (Lipinski definition) is 1. The molecule has 0 amide bonds. The van der Waals surface area contributed by atoms with Gasteiger partial charge in [-0.25, -0.2) is 0 Å². The second-order valence-corrected chi connectivity index (χ2v) is 10.7. The van der Waals surface area contributed by atoms with Crippen molar-refractivity contribution >= 4 is 8.32 Å². The summed E-state index contributed by atoms with van der Waals surface area (Å²) < 4.78 is 6.00. The summed E-state index contributed by atoms with van der Waals surface area (Å²) in [5, 5.41) is 9.92. The maximum absolute atomic E-state index is 9.67. The molecule has 0 heterocycles. The largest absolute Gasteiger partial charge is 0.417 e. The summed E-state index contributed by atoms with van der Waals surface area (Å²) in [6.45, 7) is 15.5. The van der Waals surface area contributed by atoms with Crippen molar-refractivity contribution in [2.75, 3.05) is 6.61 Å². The zero-order chi connectivity index (χ0) is 12.8. The van der Waals surface area contributed by atoms with Crippen LogP contribution in [0, 0.1) is 0 Å². The van der Waals surface area contributed by atoms with Crippen molar-refractivity contribution in [2.24, 2.45) is 0 Å². The van der Waals surface area contributed by atoms with Gasteiger partial charge >= 0.3 is 0 Å². The molecule has 0 rings (SSSR count). The van der Waals surface area contributed by atoms with E-state index in [1.165, 1.54) is 0 Å². The summed E-state index contributed by atoms with van der Waals surface area (Å²) in [5.41, 5.74) is 0. The Labute approximate surface area is 102 Å². The van der Waals surface area contributed by atoms with E-state index in [9.17, 15) is 5.11 Å². The van der Waals surface area contributed by atoms with Crippen LogP contribution in [0.25, 0.3) is 0 Å². The highest BCUT2D eigenvalue weighted by Crippen LogP contribution is 2.36. The first-order chi connectivity index (χ1) is 7.20. The van der Waals surface area contributed by atoms with E-state index in [0.717, 1.165) is 19.3 Å². The number of aliphatic hydroxyl groups is 1. The van der Waals surface area contributed by atoms with E-state index in [-0.39, 0.29) is 11.1 Å². The highest BCUT2D eigenvalue weighted by molar-refractivity contribution is 6.74. The van der Waals surface area contributed by atoms with E-state index in [1.54, 1.807) is 0 Å². The minimum Gasteiger partial charge on any atom is -0.417 e. The summed E-state index contributed by atoms with van der Waals surface area (Å²) in [5.74, 6) is 0. The van der Waals surface area contributed by atoms with Crippen LogP contribution in [0.1, 0.15) is 40.0 Å². The molecule has 0 fully saturated rings. The third-order valence-corrected chi connectivity index (χ3v) is 7.96. The smallest absolute Gasteiger partial charge is 0.191 e. The third kappa shape index (κ3) is 5.82. The van der Waals surface area contributed by atoms with E-state index in [0.29, 0.717) is 6.61 Å². The Hall–Kier alpha value is -0.123. The fourth-order valence-corrected chi connectivity index (χ4v) is 2.18. The van der Waals surface area contributed by atoms with Gasteiger partial charge in [0.05, 0.1) is 6.10 Å². The Balaban J connectivity index is 3.85. The van der Waals surface area contributed by atoms with Crippen molar-refractivity contribution < 1.29 is 9.53 Å². The molecule has 0 aromatic rings. The summed E-state index contributed by atoms with van der Waals surface area (Å²) in [6, 6.07) is 0. The molecule has 96 valence electrons. The molecule has 0 bridgehead atoms. The standard InChI is InChI=1S/C13H28O2Si/c1-7-8-9-12(14)10-11-15-16(5,6)13(2,3)4/h7,12,14H,1,8-11H2,2-6H3/t12-/m0/s1. The second kappa shape index (κ2) is 6.57. The molecule has 16 heavy (non-hydrogen) atoms. The lowest BCUT2D eigenvalue weighted by molar-refractivity contribution is 0.128. The van der Waals surface area contributed by atoms with Crippen molar-refractivity contribution in [2.45, 2.75) is 64.3 Å². The maximum atomic E-state index is 9.67. The number of allylic oxidation sites excluding steroid dienone is 1. The van der Waals surface area contributed by atoms with Crippen LogP contribution in [0.2, 0.25) is 18.1 Å². The highest BCUT2D eigenvalue weighted by atomic mass is 28.4. The van der Waals surface area contributed by atoms with Gasteiger partial charge in [-0.05, 0) is 37.4 Å².